The Kier molecular flexibility index (Phi) is 6.69. The van der Waals surface area contributed by atoms with E-state index in [0.29, 0.717) is 21.2 Å². The molecule has 0 aliphatic carbocycles. The van der Waals surface area contributed by atoms with Gasteiger partial charge in [-0.3, -0.25) is 9.59 Å². The SMILES string of the molecule is NC(=O)[C@H](Cc1ccc(Cl)cc1Cl)NC(=O)c1cc(Br)cc(Br)c1. The van der Waals surface area contributed by atoms with Crippen molar-refractivity contribution in [3.63, 3.8) is 0 Å². The van der Waals surface area contributed by atoms with Crippen molar-refractivity contribution in [2.45, 2.75) is 12.5 Å². The van der Waals surface area contributed by atoms with Crippen LogP contribution in [0.5, 0.6) is 0 Å². The maximum absolute atomic E-state index is 12.4. The smallest absolute Gasteiger partial charge is 0.252 e. The van der Waals surface area contributed by atoms with Gasteiger partial charge in [-0.15, -0.1) is 0 Å². The maximum atomic E-state index is 12.4. The Balaban J connectivity index is 2.19. The zero-order chi connectivity index (χ0) is 17.9. The highest BCUT2D eigenvalue weighted by Gasteiger charge is 2.21. The van der Waals surface area contributed by atoms with Gasteiger partial charge in [0.1, 0.15) is 6.04 Å². The van der Waals surface area contributed by atoms with Gasteiger partial charge in [0, 0.05) is 31.0 Å². The average molecular weight is 495 g/mol. The first kappa shape index (κ1) is 19.2. The predicted molar refractivity (Wildman–Crippen MR) is 102 cm³/mol. The summed E-state index contributed by atoms with van der Waals surface area (Å²) in [6.07, 6.45) is 0.173. The van der Waals surface area contributed by atoms with Crippen molar-refractivity contribution in [3.8, 4) is 0 Å². The van der Waals surface area contributed by atoms with Gasteiger partial charge in [-0.25, -0.2) is 0 Å². The molecule has 2 amide bonds. The van der Waals surface area contributed by atoms with E-state index in [4.69, 9.17) is 28.9 Å². The first-order valence-corrected chi connectivity index (χ1v) is 9.10. The second kappa shape index (κ2) is 8.34. The van der Waals surface area contributed by atoms with Crippen LogP contribution in [0.4, 0.5) is 0 Å². The van der Waals surface area contributed by atoms with E-state index in [1.165, 1.54) is 0 Å². The molecule has 2 aromatic carbocycles. The molecule has 0 fully saturated rings. The van der Waals surface area contributed by atoms with Crippen LogP contribution in [-0.2, 0) is 11.2 Å². The quantitative estimate of drug-likeness (QED) is 0.649. The van der Waals surface area contributed by atoms with Crippen LogP contribution >= 0.6 is 55.1 Å². The number of rotatable bonds is 5. The third-order valence-electron chi connectivity index (χ3n) is 3.21. The normalized spacial score (nSPS) is 11.8. The number of primary amides is 1. The Morgan fingerprint density at radius 1 is 1.08 bits per heavy atom. The molecule has 0 aromatic heterocycles. The van der Waals surface area contributed by atoms with E-state index in [0.717, 1.165) is 8.95 Å². The molecular formula is C16H12Br2Cl2N2O2. The molecule has 4 nitrogen and oxygen atoms in total. The van der Waals surface area contributed by atoms with Crippen molar-refractivity contribution >= 4 is 66.9 Å². The summed E-state index contributed by atoms with van der Waals surface area (Å²) < 4.78 is 1.47. The summed E-state index contributed by atoms with van der Waals surface area (Å²) in [5.74, 6) is -1.06. The van der Waals surface area contributed by atoms with Crippen LogP contribution in [0.2, 0.25) is 10.0 Å². The minimum Gasteiger partial charge on any atom is -0.368 e. The Labute approximate surface area is 166 Å². The van der Waals surface area contributed by atoms with Crippen LogP contribution in [0.1, 0.15) is 15.9 Å². The molecule has 0 aliphatic heterocycles. The fraction of sp³-hybridized carbons (Fsp3) is 0.125. The number of carbonyl (C=O) groups excluding carboxylic acids is 2. The lowest BCUT2D eigenvalue weighted by atomic mass is 10.0. The Morgan fingerprint density at radius 3 is 2.25 bits per heavy atom. The molecule has 0 saturated heterocycles. The van der Waals surface area contributed by atoms with Crippen molar-refractivity contribution in [1.82, 2.24) is 5.32 Å². The van der Waals surface area contributed by atoms with Gasteiger partial charge in [-0.1, -0.05) is 61.1 Å². The van der Waals surface area contributed by atoms with E-state index in [2.05, 4.69) is 37.2 Å². The Bertz CT molecular complexity index is 779. The topological polar surface area (TPSA) is 72.2 Å². The number of hydrogen-bond acceptors (Lipinski definition) is 2. The molecule has 0 radical (unpaired) electrons. The molecule has 24 heavy (non-hydrogen) atoms. The summed E-state index contributed by atoms with van der Waals surface area (Å²) in [5.41, 5.74) is 6.47. The van der Waals surface area contributed by atoms with Crippen LogP contribution in [0.15, 0.2) is 45.3 Å². The molecule has 3 N–H and O–H groups in total. The lowest BCUT2D eigenvalue weighted by molar-refractivity contribution is -0.119. The van der Waals surface area contributed by atoms with E-state index in [9.17, 15) is 9.59 Å². The van der Waals surface area contributed by atoms with E-state index >= 15 is 0 Å². The fourth-order valence-electron chi connectivity index (χ4n) is 2.06. The van der Waals surface area contributed by atoms with E-state index in [-0.39, 0.29) is 6.42 Å². The molecule has 0 unspecified atom stereocenters. The van der Waals surface area contributed by atoms with E-state index < -0.39 is 17.9 Å². The van der Waals surface area contributed by atoms with Crippen molar-refractivity contribution in [2.24, 2.45) is 5.73 Å². The largest absolute Gasteiger partial charge is 0.368 e. The number of hydrogen-bond donors (Lipinski definition) is 2. The summed E-state index contributed by atoms with van der Waals surface area (Å²) in [7, 11) is 0. The molecule has 0 spiro atoms. The van der Waals surface area contributed by atoms with Crippen LogP contribution in [0, 0.1) is 0 Å². The zero-order valence-electron chi connectivity index (χ0n) is 12.2. The van der Waals surface area contributed by atoms with Gasteiger partial charge in [-0.05, 0) is 35.9 Å². The Hall–Kier alpha value is -1.08. The highest BCUT2D eigenvalue weighted by atomic mass is 79.9. The molecule has 0 bridgehead atoms. The fourth-order valence-corrected chi connectivity index (χ4v) is 3.84. The summed E-state index contributed by atoms with van der Waals surface area (Å²) in [6.45, 7) is 0. The van der Waals surface area contributed by atoms with E-state index in [1.54, 1.807) is 36.4 Å². The summed E-state index contributed by atoms with van der Waals surface area (Å²) in [6, 6.07) is 9.13. The highest BCUT2D eigenvalue weighted by Crippen LogP contribution is 2.23. The number of nitrogens with one attached hydrogen (secondary N) is 1. The van der Waals surface area contributed by atoms with Gasteiger partial charge in [0.05, 0.1) is 0 Å². The van der Waals surface area contributed by atoms with Crippen molar-refractivity contribution in [1.29, 1.82) is 0 Å². The standard InChI is InChI=1S/C16H12Br2Cl2N2O2/c17-10-3-9(4-11(18)6-10)16(24)22-14(15(21)23)5-8-1-2-12(19)7-13(8)20/h1-4,6-7,14H,5H2,(H2,21,23)(H,22,24)/t14-/m0/s1. The minimum absolute atomic E-state index is 0.173. The first-order chi connectivity index (χ1) is 11.3. The molecule has 2 aromatic rings. The summed E-state index contributed by atoms with van der Waals surface area (Å²) >= 11 is 18.6. The van der Waals surface area contributed by atoms with Crippen LogP contribution in [0.3, 0.4) is 0 Å². The van der Waals surface area contributed by atoms with Gasteiger partial charge in [-0.2, -0.15) is 0 Å². The van der Waals surface area contributed by atoms with Crippen molar-refractivity contribution < 1.29 is 9.59 Å². The molecule has 8 heteroatoms. The lowest BCUT2D eigenvalue weighted by Crippen LogP contribution is -2.45. The number of amides is 2. The molecule has 2 rings (SSSR count). The zero-order valence-corrected chi connectivity index (χ0v) is 16.8. The Morgan fingerprint density at radius 2 is 1.71 bits per heavy atom. The van der Waals surface area contributed by atoms with Gasteiger partial charge in [0.25, 0.3) is 5.91 Å². The maximum Gasteiger partial charge on any atom is 0.252 e. The third kappa shape index (κ3) is 5.21. The predicted octanol–water partition coefficient (Wildman–Crippen LogP) is 4.34. The molecular weight excluding hydrogens is 483 g/mol. The minimum atomic E-state index is -0.895. The summed E-state index contributed by atoms with van der Waals surface area (Å²) in [5, 5.41) is 3.53. The number of benzene rings is 2. The second-order valence-corrected chi connectivity index (χ2v) is 7.70. The van der Waals surface area contributed by atoms with Crippen LogP contribution in [-0.4, -0.2) is 17.9 Å². The van der Waals surface area contributed by atoms with Crippen LogP contribution in [0.25, 0.3) is 0 Å². The van der Waals surface area contributed by atoms with E-state index in [1.807, 2.05) is 0 Å². The van der Waals surface area contributed by atoms with Crippen molar-refractivity contribution in [3.05, 3.63) is 66.5 Å². The highest BCUT2D eigenvalue weighted by molar-refractivity contribution is 9.11. The van der Waals surface area contributed by atoms with Gasteiger partial charge in [0.15, 0.2) is 0 Å². The molecule has 126 valence electrons. The summed E-state index contributed by atoms with van der Waals surface area (Å²) in [4.78, 5) is 24.1. The second-order valence-electron chi connectivity index (χ2n) is 5.03. The lowest BCUT2D eigenvalue weighted by Gasteiger charge is -2.17. The van der Waals surface area contributed by atoms with Gasteiger partial charge >= 0.3 is 0 Å². The number of halogens is 4. The number of nitrogens with two attached hydrogens (primary N) is 1. The van der Waals surface area contributed by atoms with Gasteiger partial charge < -0.3 is 11.1 Å². The molecule has 0 aliphatic rings. The monoisotopic (exact) mass is 492 g/mol. The first-order valence-electron chi connectivity index (χ1n) is 6.76. The molecule has 0 heterocycles. The molecule has 1 atom stereocenters. The van der Waals surface area contributed by atoms with Crippen molar-refractivity contribution in [2.75, 3.05) is 0 Å². The third-order valence-corrected chi connectivity index (χ3v) is 4.72. The van der Waals surface area contributed by atoms with Gasteiger partial charge in [0.2, 0.25) is 5.91 Å². The van der Waals surface area contributed by atoms with Crippen LogP contribution < -0.4 is 11.1 Å². The molecule has 0 saturated carbocycles. The average Bonchev–Trinajstić information content (AvgIpc) is 2.47. The number of carbonyl (C=O) groups is 2.